The van der Waals surface area contributed by atoms with E-state index >= 15 is 0 Å². The summed E-state index contributed by atoms with van der Waals surface area (Å²) >= 11 is 0. The minimum absolute atomic E-state index is 0.217. The van der Waals surface area contributed by atoms with Crippen molar-refractivity contribution in [3.05, 3.63) is 11.9 Å². The zero-order valence-electron chi connectivity index (χ0n) is 10.7. The van der Waals surface area contributed by atoms with Crippen LogP contribution < -0.4 is 0 Å². The molecule has 4 heteroatoms. The van der Waals surface area contributed by atoms with Crippen molar-refractivity contribution in [2.24, 2.45) is 23.8 Å². The van der Waals surface area contributed by atoms with Crippen molar-refractivity contribution in [2.45, 2.75) is 40.2 Å². The van der Waals surface area contributed by atoms with Crippen molar-refractivity contribution in [3.63, 3.8) is 0 Å². The smallest absolute Gasteiger partial charge is 0.0852 e. The highest BCUT2D eigenvalue weighted by molar-refractivity contribution is 5.16. The van der Waals surface area contributed by atoms with Crippen molar-refractivity contribution >= 4 is 0 Å². The summed E-state index contributed by atoms with van der Waals surface area (Å²) in [5.41, 5.74) is 1.30. The third-order valence-corrected chi connectivity index (χ3v) is 4.59. The number of hydrogen-bond acceptors (Lipinski definition) is 3. The summed E-state index contributed by atoms with van der Waals surface area (Å²) in [6, 6.07) is 0. The van der Waals surface area contributed by atoms with Crippen LogP contribution in [-0.2, 0) is 13.5 Å². The van der Waals surface area contributed by atoms with E-state index in [1.165, 1.54) is 0 Å². The fraction of sp³-hybridized carbons (Fsp3) is 0.833. The lowest BCUT2D eigenvalue weighted by molar-refractivity contribution is 0.128. The van der Waals surface area contributed by atoms with Crippen LogP contribution in [0.4, 0.5) is 0 Å². The second-order valence-electron chi connectivity index (χ2n) is 6.08. The molecule has 1 heterocycles. The van der Waals surface area contributed by atoms with Crippen molar-refractivity contribution < 1.29 is 5.11 Å². The zero-order valence-corrected chi connectivity index (χ0v) is 10.7. The van der Waals surface area contributed by atoms with Crippen molar-refractivity contribution in [2.75, 3.05) is 0 Å². The van der Waals surface area contributed by atoms with Crippen LogP contribution in [0.25, 0.3) is 0 Å². The molecule has 1 aromatic rings. The summed E-state index contributed by atoms with van der Waals surface area (Å²) in [6.07, 6.45) is 2.15. The molecule has 0 aliphatic heterocycles. The first-order chi connectivity index (χ1) is 7.26. The molecule has 90 valence electrons. The van der Waals surface area contributed by atoms with E-state index in [4.69, 9.17) is 0 Å². The van der Waals surface area contributed by atoms with E-state index in [1.54, 1.807) is 4.68 Å². The molecule has 1 N–H and O–H groups in total. The molecule has 1 fully saturated rings. The molecule has 16 heavy (non-hydrogen) atoms. The lowest BCUT2D eigenvalue weighted by atomic mass is 10.0. The van der Waals surface area contributed by atoms with Gasteiger partial charge in [-0.3, -0.25) is 4.68 Å². The van der Waals surface area contributed by atoms with E-state index in [0.29, 0.717) is 12.3 Å². The molecule has 4 nitrogen and oxygen atoms in total. The maximum Gasteiger partial charge on any atom is 0.0852 e. The molecule has 0 spiro atoms. The summed E-state index contributed by atoms with van der Waals surface area (Å²) in [7, 11) is 1.84. The predicted octanol–water partition coefficient (Wildman–Crippen LogP) is 1.40. The summed E-state index contributed by atoms with van der Waals surface area (Å²) < 4.78 is 1.67. The maximum atomic E-state index is 10.2. The topological polar surface area (TPSA) is 50.9 Å². The van der Waals surface area contributed by atoms with Gasteiger partial charge in [0.05, 0.1) is 11.8 Å². The number of aliphatic hydroxyl groups is 1. The largest absolute Gasteiger partial charge is 0.392 e. The van der Waals surface area contributed by atoms with Gasteiger partial charge in [0.15, 0.2) is 0 Å². The first kappa shape index (κ1) is 11.6. The second kappa shape index (κ2) is 3.29. The van der Waals surface area contributed by atoms with E-state index in [-0.39, 0.29) is 16.9 Å². The second-order valence-corrected chi connectivity index (χ2v) is 6.08. The third-order valence-electron chi connectivity index (χ3n) is 4.59. The van der Waals surface area contributed by atoms with Gasteiger partial charge in [0.25, 0.3) is 0 Å². The lowest BCUT2D eigenvalue weighted by Gasteiger charge is -2.10. The maximum absolute atomic E-state index is 10.2. The third kappa shape index (κ3) is 1.56. The number of rotatable bonds is 3. The minimum atomic E-state index is -0.318. The predicted molar refractivity (Wildman–Crippen MR) is 61.8 cm³/mol. The fourth-order valence-electron chi connectivity index (χ4n) is 3.03. The van der Waals surface area contributed by atoms with Gasteiger partial charge >= 0.3 is 0 Å². The van der Waals surface area contributed by atoms with Gasteiger partial charge in [-0.25, -0.2) is 0 Å². The summed E-state index contributed by atoms with van der Waals surface area (Å²) in [6.45, 7) is 8.88. The quantitative estimate of drug-likeness (QED) is 0.842. The monoisotopic (exact) mass is 223 g/mol. The molecular weight excluding hydrogens is 202 g/mol. The molecule has 2 rings (SSSR count). The molecule has 1 unspecified atom stereocenters. The van der Waals surface area contributed by atoms with Gasteiger partial charge in [-0.2, -0.15) is 0 Å². The molecule has 1 aliphatic rings. The normalized spacial score (nSPS) is 24.4. The molecule has 0 aromatic carbocycles. The van der Waals surface area contributed by atoms with Gasteiger partial charge in [0.2, 0.25) is 0 Å². The van der Waals surface area contributed by atoms with Gasteiger partial charge < -0.3 is 5.11 Å². The first-order valence-corrected chi connectivity index (χ1v) is 5.80. The molecule has 1 saturated carbocycles. The van der Waals surface area contributed by atoms with E-state index in [1.807, 2.05) is 13.2 Å². The Labute approximate surface area is 96.7 Å². The molecule has 0 saturated heterocycles. The minimum Gasteiger partial charge on any atom is -0.392 e. The number of aliphatic hydroxyl groups excluding tert-OH is 1. The van der Waals surface area contributed by atoms with Gasteiger partial charge in [-0.1, -0.05) is 32.9 Å². The molecule has 0 amide bonds. The average molecular weight is 223 g/mol. The molecular formula is C12H21N3O. The SMILES string of the molecule is Cn1cc(CC(O)C2C(C)(C)C2(C)C)nn1. The Kier molecular flexibility index (Phi) is 2.38. The highest BCUT2D eigenvalue weighted by Crippen LogP contribution is 2.69. The highest BCUT2D eigenvalue weighted by Gasteiger charge is 2.66. The Balaban J connectivity index is 2.03. The van der Waals surface area contributed by atoms with Crippen LogP contribution in [0.3, 0.4) is 0 Å². The number of hydrogen-bond donors (Lipinski definition) is 1. The summed E-state index contributed by atoms with van der Waals surface area (Å²) in [4.78, 5) is 0. The highest BCUT2D eigenvalue weighted by atomic mass is 16.3. The number of aryl methyl sites for hydroxylation is 1. The van der Waals surface area contributed by atoms with Crippen LogP contribution >= 0.6 is 0 Å². The summed E-state index contributed by atoms with van der Waals surface area (Å²) in [5, 5.41) is 18.1. The molecule has 1 aliphatic carbocycles. The van der Waals surface area contributed by atoms with Crippen LogP contribution in [0.2, 0.25) is 0 Å². The molecule has 1 aromatic heterocycles. The van der Waals surface area contributed by atoms with Gasteiger partial charge in [-0.05, 0) is 16.7 Å². The van der Waals surface area contributed by atoms with E-state index in [0.717, 1.165) is 5.69 Å². The average Bonchev–Trinajstić information content (AvgIpc) is 2.44. The van der Waals surface area contributed by atoms with Crippen LogP contribution in [0.1, 0.15) is 33.4 Å². The van der Waals surface area contributed by atoms with E-state index in [9.17, 15) is 5.11 Å². The van der Waals surface area contributed by atoms with Crippen molar-refractivity contribution in [1.29, 1.82) is 0 Å². The number of aromatic nitrogens is 3. The molecule has 1 atom stereocenters. The first-order valence-electron chi connectivity index (χ1n) is 5.80. The standard InChI is InChI=1S/C12H21N3O/c1-11(2)10(12(11,3)4)9(16)6-8-7-15(5)14-13-8/h7,9-10,16H,6H2,1-5H3. The van der Waals surface area contributed by atoms with Crippen LogP contribution in [-0.4, -0.2) is 26.2 Å². The Hall–Kier alpha value is -0.900. The van der Waals surface area contributed by atoms with Crippen molar-refractivity contribution in [1.82, 2.24) is 15.0 Å². The Bertz CT molecular complexity index is 381. The Morgan fingerprint density at radius 1 is 1.38 bits per heavy atom. The van der Waals surface area contributed by atoms with Crippen LogP contribution in [0, 0.1) is 16.7 Å². The molecule has 0 radical (unpaired) electrons. The fourth-order valence-corrected chi connectivity index (χ4v) is 3.03. The van der Waals surface area contributed by atoms with Crippen molar-refractivity contribution in [3.8, 4) is 0 Å². The zero-order chi connectivity index (χ0) is 12.1. The number of nitrogens with zero attached hydrogens (tertiary/aromatic N) is 3. The lowest BCUT2D eigenvalue weighted by Crippen LogP contribution is -2.17. The van der Waals surface area contributed by atoms with Crippen LogP contribution in [0.5, 0.6) is 0 Å². The Morgan fingerprint density at radius 2 is 1.94 bits per heavy atom. The van der Waals surface area contributed by atoms with E-state index < -0.39 is 0 Å². The van der Waals surface area contributed by atoms with Gasteiger partial charge in [0.1, 0.15) is 0 Å². The van der Waals surface area contributed by atoms with Crippen LogP contribution in [0.15, 0.2) is 6.20 Å². The van der Waals surface area contributed by atoms with Gasteiger partial charge in [-0.15, -0.1) is 5.10 Å². The van der Waals surface area contributed by atoms with Gasteiger partial charge in [0, 0.05) is 19.7 Å². The van der Waals surface area contributed by atoms with E-state index in [2.05, 4.69) is 38.0 Å². The molecule has 0 bridgehead atoms. The summed E-state index contributed by atoms with van der Waals surface area (Å²) in [5.74, 6) is 0.349. The Morgan fingerprint density at radius 3 is 2.31 bits per heavy atom.